The van der Waals surface area contributed by atoms with E-state index in [0.29, 0.717) is 0 Å². The number of rotatable bonds is 2. The van der Waals surface area contributed by atoms with Gasteiger partial charge in [-0.3, -0.25) is 9.11 Å². The summed E-state index contributed by atoms with van der Waals surface area (Å²) in [4.78, 5) is 1.99. The molecule has 0 unspecified atom stereocenters. The van der Waals surface area contributed by atoms with Gasteiger partial charge in [-0.2, -0.15) is 43.2 Å². The van der Waals surface area contributed by atoms with E-state index in [-0.39, 0.29) is 9.79 Å². The highest BCUT2D eigenvalue weighted by molar-refractivity contribution is 8.31. The molecule has 2 rings (SSSR count). The van der Waals surface area contributed by atoms with Gasteiger partial charge in [-0.25, -0.2) is 16.8 Å². The Morgan fingerprint density at radius 2 is 0.811 bits per heavy atom. The van der Waals surface area contributed by atoms with Gasteiger partial charge < -0.3 is 5.53 Å². The SMILES string of the molecule is O=S(=O)(O)C(F)(F)F.O=S(=O)(O)C(F)(F)F.[N-]=[N+]=C(S(=O)(=O)c1ccccc1)S(=O)(=O)c1ccccc1. The van der Waals surface area contributed by atoms with Crippen molar-refractivity contribution in [1.82, 2.24) is 0 Å². The van der Waals surface area contributed by atoms with Gasteiger partial charge in [-0.05, 0) is 24.3 Å². The fourth-order valence-corrected chi connectivity index (χ4v) is 5.03. The van der Waals surface area contributed by atoms with Gasteiger partial charge in [0.15, 0.2) is 0 Å². The van der Waals surface area contributed by atoms with Crippen molar-refractivity contribution in [2.24, 2.45) is 0 Å². The van der Waals surface area contributed by atoms with E-state index in [4.69, 9.17) is 31.5 Å². The van der Waals surface area contributed by atoms with Crippen LogP contribution in [0.1, 0.15) is 0 Å². The molecule has 0 aromatic heterocycles. The van der Waals surface area contributed by atoms with E-state index >= 15 is 0 Å². The molecule has 2 aromatic rings. The van der Waals surface area contributed by atoms with Gasteiger partial charge in [-0.15, -0.1) is 4.79 Å². The summed E-state index contributed by atoms with van der Waals surface area (Å²) in [5, 5.41) is 0. The Morgan fingerprint density at radius 1 is 0.595 bits per heavy atom. The lowest BCUT2D eigenvalue weighted by molar-refractivity contribution is -0.0514. The summed E-state index contributed by atoms with van der Waals surface area (Å²) < 4.78 is 163. The summed E-state index contributed by atoms with van der Waals surface area (Å²) in [6, 6.07) is 13.8. The summed E-state index contributed by atoms with van der Waals surface area (Å²) >= 11 is 0. The zero-order valence-corrected chi connectivity index (χ0v) is 20.5. The number of hydrogen-bond acceptors (Lipinski definition) is 8. The van der Waals surface area contributed by atoms with E-state index in [1.54, 1.807) is 12.1 Å². The fraction of sp³-hybridized carbons (Fsp3) is 0.133. The van der Waals surface area contributed by atoms with Crippen molar-refractivity contribution in [3.05, 3.63) is 66.2 Å². The first-order valence-electron chi connectivity index (χ1n) is 8.30. The van der Waals surface area contributed by atoms with E-state index in [1.807, 2.05) is 0 Å². The van der Waals surface area contributed by atoms with Crippen LogP contribution in [0.25, 0.3) is 5.53 Å². The molecule has 0 heterocycles. The zero-order chi connectivity index (χ0) is 29.5. The maximum atomic E-state index is 12.3. The zero-order valence-electron chi connectivity index (χ0n) is 17.2. The van der Waals surface area contributed by atoms with Crippen LogP contribution >= 0.6 is 0 Å². The molecule has 0 radical (unpaired) electrons. The molecule has 0 saturated carbocycles. The van der Waals surface area contributed by atoms with Crippen molar-refractivity contribution in [3.63, 3.8) is 0 Å². The van der Waals surface area contributed by atoms with Crippen LogP contribution in [0.3, 0.4) is 0 Å². The van der Waals surface area contributed by atoms with Crippen molar-refractivity contribution in [1.29, 1.82) is 0 Å². The molecule has 0 bridgehead atoms. The quantitative estimate of drug-likeness (QED) is 0.0948. The predicted octanol–water partition coefficient (Wildman–Crippen LogP) is 2.31. The van der Waals surface area contributed by atoms with E-state index < -0.39 is 55.3 Å². The second-order valence-electron chi connectivity index (χ2n) is 5.84. The van der Waals surface area contributed by atoms with E-state index in [9.17, 15) is 43.2 Å². The highest BCUT2D eigenvalue weighted by Gasteiger charge is 2.45. The number of alkyl halides is 6. The first-order chi connectivity index (χ1) is 16.4. The average Bonchev–Trinajstić information content (AvgIpc) is 2.73. The third-order valence-electron chi connectivity index (χ3n) is 3.23. The third-order valence-corrected chi connectivity index (χ3v) is 8.59. The van der Waals surface area contributed by atoms with Gasteiger partial charge in [0, 0.05) is 0 Å². The Bertz CT molecular complexity index is 1440. The van der Waals surface area contributed by atoms with E-state index in [0.717, 1.165) is 0 Å². The highest BCUT2D eigenvalue weighted by atomic mass is 32.3. The Morgan fingerprint density at radius 3 is 0.973 bits per heavy atom. The molecule has 0 aliphatic rings. The first-order valence-corrected chi connectivity index (χ1v) is 14.1. The third kappa shape index (κ3) is 9.83. The summed E-state index contributed by atoms with van der Waals surface area (Å²) in [7, 11) is -20.6. The number of halogens is 6. The smallest absolute Gasteiger partial charge is 0.359 e. The summed E-state index contributed by atoms with van der Waals surface area (Å²) in [5.41, 5.74) is -2.12. The molecule has 37 heavy (non-hydrogen) atoms. The van der Waals surface area contributed by atoms with Gasteiger partial charge >= 0.3 is 35.6 Å². The Hall–Kier alpha value is -2.88. The molecule has 0 aliphatic carbocycles. The van der Waals surface area contributed by atoms with Crippen LogP contribution in [0.2, 0.25) is 0 Å². The first kappa shape index (κ1) is 34.1. The lowest BCUT2D eigenvalue weighted by atomic mass is 10.4. The number of benzene rings is 2. The predicted molar refractivity (Wildman–Crippen MR) is 111 cm³/mol. The molecule has 2 N–H and O–H groups in total. The van der Waals surface area contributed by atoms with Gasteiger partial charge in [0.1, 0.15) is 0 Å². The maximum absolute atomic E-state index is 12.3. The summed E-state index contributed by atoms with van der Waals surface area (Å²) in [6.07, 6.45) is 0. The summed E-state index contributed by atoms with van der Waals surface area (Å²) in [6.45, 7) is 0. The average molecular weight is 623 g/mol. The van der Waals surface area contributed by atoms with Crippen molar-refractivity contribution in [2.75, 3.05) is 0 Å². The second-order valence-corrected chi connectivity index (χ2v) is 12.7. The van der Waals surface area contributed by atoms with Crippen molar-refractivity contribution in [3.8, 4) is 0 Å². The van der Waals surface area contributed by atoms with Gasteiger partial charge in [-0.1, -0.05) is 36.4 Å². The van der Waals surface area contributed by atoms with Crippen LogP contribution in [0.5, 0.6) is 0 Å². The number of sulfone groups is 2. The Kier molecular flexibility index (Phi) is 11.2. The van der Waals surface area contributed by atoms with Gasteiger partial charge in [0.05, 0.1) is 9.79 Å². The molecular weight excluding hydrogens is 610 g/mol. The fourth-order valence-electron chi connectivity index (χ4n) is 1.65. The van der Waals surface area contributed by atoms with E-state index in [2.05, 4.69) is 4.79 Å². The van der Waals surface area contributed by atoms with Crippen molar-refractivity contribution in [2.45, 2.75) is 20.8 Å². The molecule has 0 atom stereocenters. The number of hydrogen-bond donors (Lipinski definition) is 2. The minimum absolute atomic E-state index is 0.266. The van der Waals surface area contributed by atoms with Crippen LogP contribution < -0.4 is 0 Å². The minimum atomic E-state index is -5.84. The van der Waals surface area contributed by atoms with Crippen LogP contribution in [-0.2, 0) is 39.9 Å². The maximum Gasteiger partial charge on any atom is 0.522 e. The van der Waals surface area contributed by atoms with Crippen LogP contribution in [0, 0.1) is 0 Å². The Balaban J connectivity index is 0.000000669. The molecule has 0 aliphatic heterocycles. The molecular formula is C15H12F6N2O10S4. The topological polar surface area (TPSA) is 213 Å². The molecule has 22 heteroatoms. The lowest BCUT2D eigenvalue weighted by Crippen LogP contribution is -2.26. The second kappa shape index (κ2) is 12.1. The molecule has 12 nitrogen and oxygen atoms in total. The number of nitrogens with zero attached hydrogens (tertiary/aromatic N) is 2. The van der Waals surface area contributed by atoms with Crippen LogP contribution in [0.4, 0.5) is 26.3 Å². The highest BCUT2D eigenvalue weighted by Crippen LogP contribution is 2.22. The standard InChI is InChI=1S/C13H10N2O4S2.2CHF3O3S/c14-15-13(20(16,17)11-7-3-1-4-8-11)21(18,19)12-9-5-2-6-10-12;2*2-1(3,4)8(5,6)7/h1-10H;2*(H,5,6,7). The van der Waals surface area contributed by atoms with Crippen LogP contribution in [0.15, 0.2) is 70.5 Å². The molecule has 0 fully saturated rings. The molecule has 0 amide bonds. The molecule has 0 spiro atoms. The largest absolute Gasteiger partial charge is 0.522 e. The summed E-state index contributed by atoms with van der Waals surface area (Å²) in [5.74, 6) is 0. The van der Waals surface area contributed by atoms with Gasteiger partial charge in [0.25, 0.3) is 19.7 Å². The van der Waals surface area contributed by atoms with Gasteiger partial charge in [0.2, 0.25) is 0 Å². The molecule has 2 aromatic carbocycles. The van der Waals surface area contributed by atoms with Crippen molar-refractivity contribution >= 4 is 44.3 Å². The normalized spacial score (nSPS) is 12.6. The Labute approximate surface area is 205 Å². The van der Waals surface area contributed by atoms with Crippen molar-refractivity contribution < 1.29 is 73.9 Å². The molecule has 0 saturated heterocycles. The van der Waals surface area contributed by atoms with E-state index in [1.165, 1.54) is 48.5 Å². The lowest BCUT2D eigenvalue weighted by Gasteiger charge is -2.02. The molecule has 208 valence electrons. The minimum Gasteiger partial charge on any atom is -0.359 e. The monoisotopic (exact) mass is 622 g/mol. The van der Waals surface area contributed by atoms with Crippen LogP contribution in [-0.4, -0.2) is 63.0 Å².